The first-order valence-corrected chi connectivity index (χ1v) is 8.01. The van der Waals surface area contributed by atoms with Crippen LogP contribution in [0.25, 0.3) is 0 Å². The summed E-state index contributed by atoms with van der Waals surface area (Å²) in [6, 6.07) is 10.1. The van der Waals surface area contributed by atoms with Crippen LogP contribution < -0.4 is 10.6 Å². The molecule has 0 aliphatic rings. The number of rotatable bonds is 6. The molecule has 2 rings (SSSR count). The van der Waals surface area contributed by atoms with E-state index in [0.717, 1.165) is 17.7 Å². The van der Waals surface area contributed by atoms with Crippen molar-refractivity contribution in [3.63, 3.8) is 0 Å². The van der Waals surface area contributed by atoms with Gasteiger partial charge in [-0.3, -0.25) is 14.9 Å². The van der Waals surface area contributed by atoms with Crippen LogP contribution in [0.3, 0.4) is 0 Å². The number of carbonyl (C=O) groups excluding carboxylic acids is 1. The highest BCUT2D eigenvalue weighted by atomic mass is 35.5. The lowest BCUT2D eigenvalue weighted by Crippen LogP contribution is -2.91. The van der Waals surface area contributed by atoms with Gasteiger partial charge >= 0.3 is 5.69 Å². The molecule has 0 aliphatic heterocycles. The normalized spacial score (nSPS) is 13.1. The molecule has 0 fully saturated rings. The van der Waals surface area contributed by atoms with Crippen molar-refractivity contribution in [2.24, 2.45) is 0 Å². The van der Waals surface area contributed by atoms with E-state index in [9.17, 15) is 19.3 Å². The van der Waals surface area contributed by atoms with Crippen LogP contribution in [0.2, 0.25) is 5.02 Å². The van der Waals surface area contributed by atoms with Gasteiger partial charge in [0.2, 0.25) is 5.82 Å². The average Bonchev–Trinajstić information content (AvgIpc) is 2.56. The molecular weight excluding hydrogens is 349 g/mol. The summed E-state index contributed by atoms with van der Waals surface area (Å²) >= 11 is 6.15. The van der Waals surface area contributed by atoms with Gasteiger partial charge in [-0.15, -0.1) is 0 Å². The first-order valence-electron chi connectivity index (χ1n) is 7.63. The molecule has 0 saturated carbocycles. The topological polar surface area (TPSA) is 88.8 Å². The van der Waals surface area contributed by atoms with Crippen molar-refractivity contribution in [2.75, 3.05) is 5.32 Å². The summed E-state index contributed by atoms with van der Waals surface area (Å²) in [5, 5.41) is 15.8. The Balaban J connectivity index is 2.04. The quantitative estimate of drug-likeness (QED) is 0.608. The summed E-state index contributed by atoms with van der Waals surface area (Å²) in [7, 11) is 0. The largest absolute Gasteiger partial charge is 0.330 e. The molecule has 2 aromatic rings. The molecule has 3 N–H and O–H groups in total. The molecule has 0 unspecified atom stereocenters. The highest BCUT2D eigenvalue weighted by Crippen LogP contribution is 2.22. The van der Waals surface area contributed by atoms with Gasteiger partial charge in [0.1, 0.15) is 6.04 Å². The molecule has 0 spiro atoms. The second-order valence-electron chi connectivity index (χ2n) is 5.70. The van der Waals surface area contributed by atoms with Crippen LogP contribution in [0.5, 0.6) is 0 Å². The molecule has 0 aliphatic carbocycles. The van der Waals surface area contributed by atoms with Crippen molar-refractivity contribution in [3.05, 3.63) is 69.0 Å². The lowest BCUT2D eigenvalue weighted by Gasteiger charge is -2.17. The van der Waals surface area contributed by atoms with Crippen LogP contribution in [0, 0.1) is 15.9 Å². The van der Waals surface area contributed by atoms with Gasteiger partial charge in [0, 0.05) is 22.3 Å². The first kappa shape index (κ1) is 18.8. The number of carbonyl (C=O) groups is 1. The summed E-state index contributed by atoms with van der Waals surface area (Å²) in [6.07, 6.45) is 0. The number of halogens is 2. The van der Waals surface area contributed by atoms with Gasteiger partial charge in [0.05, 0.1) is 4.92 Å². The SMILES string of the molecule is C[C@H]([NH2+][C@H](C)C(=O)Nc1ccc(F)c([N+](=O)[O-])c1)c1ccccc1Cl. The Labute approximate surface area is 149 Å². The molecular formula is C17H18ClFN3O3+. The van der Waals surface area contributed by atoms with Crippen LogP contribution in [0.15, 0.2) is 42.5 Å². The van der Waals surface area contributed by atoms with E-state index in [1.54, 1.807) is 13.0 Å². The number of anilines is 1. The van der Waals surface area contributed by atoms with Gasteiger partial charge in [0.15, 0.2) is 6.04 Å². The fraction of sp³-hybridized carbons (Fsp3) is 0.235. The summed E-state index contributed by atoms with van der Waals surface area (Å²) in [5.41, 5.74) is 0.392. The predicted molar refractivity (Wildman–Crippen MR) is 92.9 cm³/mol. The molecule has 0 saturated heterocycles. The van der Waals surface area contributed by atoms with E-state index in [1.807, 2.05) is 30.4 Å². The van der Waals surface area contributed by atoms with Crippen molar-refractivity contribution < 1.29 is 19.4 Å². The zero-order chi connectivity index (χ0) is 18.6. The maximum absolute atomic E-state index is 13.3. The number of nitro benzene ring substituents is 1. The number of hydrogen-bond acceptors (Lipinski definition) is 3. The average molecular weight is 367 g/mol. The van der Waals surface area contributed by atoms with Gasteiger partial charge in [0.25, 0.3) is 5.91 Å². The smallest absolute Gasteiger partial charge is 0.306 e. The zero-order valence-corrected chi connectivity index (χ0v) is 14.5. The Morgan fingerprint density at radius 2 is 1.96 bits per heavy atom. The molecule has 1 amide bonds. The van der Waals surface area contributed by atoms with E-state index in [1.165, 1.54) is 6.07 Å². The summed E-state index contributed by atoms with van der Waals surface area (Å²) in [5.74, 6) is -1.30. The third-order valence-corrected chi connectivity index (χ3v) is 4.14. The van der Waals surface area contributed by atoms with E-state index >= 15 is 0 Å². The van der Waals surface area contributed by atoms with E-state index in [-0.39, 0.29) is 17.6 Å². The molecule has 6 nitrogen and oxygen atoms in total. The fourth-order valence-corrected chi connectivity index (χ4v) is 2.76. The van der Waals surface area contributed by atoms with Gasteiger partial charge in [-0.25, -0.2) is 0 Å². The fourth-order valence-electron chi connectivity index (χ4n) is 2.45. The number of hydrogen-bond donors (Lipinski definition) is 2. The number of nitrogens with one attached hydrogen (secondary N) is 1. The number of quaternary nitrogens is 1. The number of amides is 1. The molecule has 2 aromatic carbocycles. The van der Waals surface area contributed by atoms with E-state index < -0.39 is 22.5 Å². The molecule has 2 atom stereocenters. The van der Waals surface area contributed by atoms with Crippen molar-refractivity contribution in [2.45, 2.75) is 25.9 Å². The van der Waals surface area contributed by atoms with Crippen LogP contribution in [-0.4, -0.2) is 16.9 Å². The molecule has 25 heavy (non-hydrogen) atoms. The lowest BCUT2D eigenvalue weighted by molar-refractivity contribution is -0.709. The molecule has 0 aromatic heterocycles. The molecule has 0 heterocycles. The minimum atomic E-state index is -0.949. The second kappa shape index (κ2) is 8.04. The molecule has 8 heteroatoms. The first-order chi connectivity index (χ1) is 11.8. The number of nitro groups is 1. The predicted octanol–water partition coefficient (Wildman–Crippen LogP) is 3.04. The standard InChI is InChI=1S/C17H17ClFN3O3/c1-10(13-5-3-4-6-14(13)18)20-11(2)17(23)21-12-7-8-15(19)16(9-12)22(24)25/h3-11,20H,1-2H3,(H,21,23)/p+1/t10-,11+/m0/s1. The number of nitrogens with zero attached hydrogens (tertiary/aromatic N) is 1. The Bertz CT molecular complexity index is 800. The van der Waals surface area contributed by atoms with Crippen molar-refractivity contribution in [1.29, 1.82) is 0 Å². The highest BCUT2D eigenvalue weighted by Gasteiger charge is 2.23. The van der Waals surface area contributed by atoms with Crippen LogP contribution >= 0.6 is 11.6 Å². The van der Waals surface area contributed by atoms with E-state index in [2.05, 4.69) is 5.32 Å². The van der Waals surface area contributed by atoms with Crippen molar-refractivity contribution in [3.8, 4) is 0 Å². The van der Waals surface area contributed by atoms with Crippen LogP contribution in [-0.2, 0) is 4.79 Å². The van der Waals surface area contributed by atoms with Crippen molar-refractivity contribution in [1.82, 2.24) is 0 Å². The maximum atomic E-state index is 13.3. The van der Waals surface area contributed by atoms with Crippen LogP contribution in [0.4, 0.5) is 15.8 Å². The molecule has 0 radical (unpaired) electrons. The maximum Gasteiger partial charge on any atom is 0.306 e. The number of nitrogens with two attached hydrogens (primary N) is 1. The van der Waals surface area contributed by atoms with Gasteiger partial charge in [-0.1, -0.05) is 29.8 Å². The Kier molecular flexibility index (Phi) is 6.06. The minimum Gasteiger partial charge on any atom is -0.330 e. The molecule has 132 valence electrons. The van der Waals surface area contributed by atoms with Gasteiger partial charge < -0.3 is 10.6 Å². The summed E-state index contributed by atoms with van der Waals surface area (Å²) in [6.45, 7) is 3.63. The van der Waals surface area contributed by atoms with Crippen molar-refractivity contribution >= 4 is 28.9 Å². The summed E-state index contributed by atoms with van der Waals surface area (Å²) < 4.78 is 13.3. The Morgan fingerprint density at radius 3 is 2.60 bits per heavy atom. The van der Waals surface area contributed by atoms with Crippen LogP contribution in [0.1, 0.15) is 25.5 Å². The number of benzene rings is 2. The monoisotopic (exact) mass is 366 g/mol. The van der Waals surface area contributed by atoms with E-state index in [4.69, 9.17) is 11.6 Å². The Hall–Kier alpha value is -2.51. The minimum absolute atomic E-state index is 0.0583. The summed E-state index contributed by atoms with van der Waals surface area (Å²) in [4.78, 5) is 22.2. The van der Waals surface area contributed by atoms with Gasteiger partial charge in [-0.2, -0.15) is 4.39 Å². The second-order valence-corrected chi connectivity index (χ2v) is 6.11. The highest BCUT2D eigenvalue weighted by molar-refractivity contribution is 6.31. The Morgan fingerprint density at radius 1 is 1.28 bits per heavy atom. The lowest BCUT2D eigenvalue weighted by atomic mass is 10.1. The molecule has 0 bridgehead atoms. The zero-order valence-electron chi connectivity index (χ0n) is 13.7. The third kappa shape index (κ3) is 4.74. The van der Waals surface area contributed by atoms with E-state index in [0.29, 0.717) is 5.02 Å². The van der Waals surface area contributed by atoms with Gasteiger partial charge in [-0.05, 0) is 32.0 Å². The third-order valence-electron chi connectivity index (χ3n) is 3.80.